The van der Waals surface area contributed by atoms with Crippen LogP contribution in [0.5, 0.6) is 5.75 Å². The van der Waals surface area contributed by atoms with Gasteiger partial charge in [-0.3, -0.25) is 14.5 Å². The Balaban J connectivity index is 1.31. The van der Waals surface area contributed by atoms with Gasteiger partial charge in [-0.25, -0.2) is 0 Å². The first-order chi connectivity index (χ1) is 17.9. The Morgan fingerprint density at radius 1 is 1.00 bits per heavy atom. The number of likely N-dealkylation sites (N-methyl/N-ethyl adjacent to an activating group) is 1. The molecule has 1 unspecified atom stereocenters. The zero-order valence-corrected chi connectivity index (χ0v) is 21.7. The van der Waals surface area contributed by atoms with Crippen LogP contribution < -0.4 is 5.32 Å². The van der Waals surface area contributed by atoms with Crippen LogP contribution in [-0.4, -0.2) is 52.9 Å². The van der Waals surface area contributed by atoms with E-state index in [4.69, 9.17) is 0 Å². The number of likely N-dealkylation sites (tertiary alicyclic amines) is 2. The van der Waals surface area contributed by atoms with Gasteiger partial charge >= 0.3 is 0 Å². The maximum atomic E-state index is 12.6. The Hall–Kier alpha value is -3.64. The lowest BCUT2D eigenvalue weighted by Gasteiger charge is -2.19. The van der Waals surface area contributed by atoms with Gasteiger partial charge in [0.25, 0.3) is 0 Å². The molecule has 5 rings (SSSR count). The topological polar surface area (TPSA) is 72.9 Å². The Morgan fingerprint density at radius 3 is 2.41 bits per heavy atom. The summed E-state index contributed by atoms with van der Waals surface area (Å²) < 4.78 is 0. The summed E-state index contributed by atoms with van der Waals surface area (Å²) in [5.41, 5.74) is 7.72. The van der Waals surface area contributed by atoms with Crippen LogP contribution in [0.25, 0.3) is 11.1 Å². The molecule has 3 aromatic rings. The van der Waals surface area contributed by atoms with E-state index in [9.17, 15) is 14.7 Å². The third-order valence-corrected chi connectivity index (χ3v) is 7.75. The highest BCUT2D eigenvalue weighted by atomic mass is 16.3. The predicted molar refractivity (Wildman–Crippen MR) is 146 cm³/mol. The fourth-order valence-corrected chi connectivity index (χ4v) is 5.50. The summed E-state index contributed by atoms with van der Waals surface area (Å²) >= 11 is 0. The molecule has 0 bridgehead atoms. The van der Waals surface area contributed by atoms with Crippen molar-refractivity contribution in [1.29, 1.82) is 0 Å². The third-order valence-electron chi connectivity index (χ3n) is 7.75. The summed E-state index contributed by atoms with van der Waals surface area (Å²) in [4.78, 5) is 28.4. The van der Waals surface area contributed by atoms with Gasteiger partial charge in [-0.2, -0.15) is 0 Å². The van der Waals surface area contributed by atoms with Crippen molar-refractivity contribution in [3.05, 3.63) is 82.9 Å². The third kappa shape index (κ3) is 5.70. The molecule has 2 heterocycles. The number of benzene rings is 3. The second kappa shape index (κ2) is 10.8. The first-order valence-corrected chi connectivity index (χ1v) is 13.2. The average molecular weight is 498 g/mol. The van der Waals surface area contributed by atoms with Gasteiger partial charge in [0.1, 0.15) is 11.8 Å². The molecule has 2 fully saturated rings. The van der Waals surface area contributed by atoms with Crippen LogP contribution in [0, 0.1) is 6.92 Å². The maximum Gasteiger partial charge on any atom is 0.247 e. The lowest BCUT2D eigenvalue weighted by Crippen LogP contribution is -2.38. The molecule has 2 N–H and O–H groups in total. The van der Waals surface area contributed by atoms with Crippen molar-refractivity contribution in [3.8, 4) is 16.9 Å². The molecule has 2 amide bonds. The highest BCUT2D eigenvalue weighted by Gasteiger charge is 2.33. The van der Waals surface area contributed by atoms with Crippen LogP contribution in [0.1, 0.15) is 47.9 Å². The number of phenols is 1. The minimum Gasteiger partial charge on any atom is -0.508 e. The van der Waals surface area contributed by atoms with Gasteiger partial charge in [0.05, 0.1) is 0 Å². The number of aromatic hydroxyl groups is 1. The maximum absolute atomic E-state index is 12.6. The lowest BCUT2D eigenvalue weighted by molar-refractivity contribution is -0.131. The number of rotatable bonds is 7. The van der Waals surface area contributed by atoms with Crippen molar-refractivity contribution in [1.82, 2.24) is 9.80 Å². The highest BCUT2D eigenvalue weighted by Crippen LogP contribution is 2.31. The van der Waals surface area contributed by atoms with Crippen LogP contribution in [-0.2, 0) is 22.6 Å². The van der Waals surface area contributed by atoms with E-state index in [-0.39, 0.29) is 17.6 Å². The first-order valence-electron chi connectivity index (χ1n) is 13.2. The molecule has 6 nitrogen and oxygen atoms in total. The smallest absolute Gasteiger partial charge is 0.247 e. The molecular weight excluding hydrogens is 462 g/mol. The molecule has 0 spiro atoms. The van der Waals surface area contributed by atoms with Crippen LogP contribution in [0.3, 0.4) is 0 Å². The van der Waals surface area contributed by atoms with Gasteiger partial charge in [-0.1, -0.05) is 36.4 Å². The number of carbonyl (C=O) groups excluding carboxylic acids is 2. The average Bonchev–Trinajstić information content (AvgIpc) is 3.52. The number of amides is 2. The second-order valence-corrected chi connectivity index (χ2v) is 10.4. The van der Waals surface area contributed by atoms with E-state index in [1.54, 1.807) is 19.2 Å². The molecular formula is C31H35N3O3. The second-order valence-electron chi connectivity index (χ2n) is 10.4. The van der Waals surface area contributed by atoms with Crippen molar-refractivity contribution in [2.75, 3.05) is 25.5 Å². The molecule has 6 heteroatoms. The number of nitrogens with zero attached hydrogens (tertiary/aromatic N) is 2. The number of nitrogens with one attached hydrogen (secondary N) is 1. The fraction of sp³-hybridized carbons (Fsp3) is 0.355. The van der Waals surface area contributed by atoms with Crippen molar-refractivity contribution in [3.63, 3.8) is 0 Å². The number of carbonyl (C=O) groups is 2. The van der Waals surface area contributed by atoms with Crippen molar-refractivity contribution < 1.29 is 14.7 Å². The number of hydrogen-bond donors (Lipinski definition) is 2. The van der Waals surface area contributed by atoms with E-state index in [1.165, 1.54) is 47.5 Å². The van der Waals surface area contributed by atoms with Gasteiger partial charge in [0.2, 0.25) is 11.8 Å². The molecule has 3 aromatic carbocycles. The molecule has 2 aliphatic rings. The number of hydrogen-bond acceptors (Lipinski definition) is 4. The lowest BCUT2D eigenvalue weighted by atomic mass is 9.93. The number of anilines is 1. The first kappa shape index (κ1) is 25.0. The van der Waals surface area contributed by atoms with Gasteiger partial charge in [-0.05, 0) is 103 Å². The van der Waals surface area contributed by atoms with Crippen LogP contribution in [0.15, 0.2) is 60.7 Å². The number of phenolic OH excluding ortho intramolecular Hbond substituents is 1. The standard InChI is InChI=1S/C31H35N3O3/c1-21-17-22(5-6-25(21)20-34-15-3-4-16-34)18-24-9-12-27(35)19-28(24)23-7-10-26(11-8-23)32-31(37)29-13-14-30(36)33(29)2/h5-12,17,19,29,35H,3-4,13-16,18,20H2,1-2H3,(H,32,37). The van der Waals surface area contributed by atoms with Crippen molar-refractivity contribution in [2.24, 2.45) is 0 Å². The predicted octanol–water partition coefficient (Wildman–Crippen LogP) is 5.11. The van der Waals surface area contributed by atoms with E-state index >= 15 is 0 Å². The van der Waals surface area contributed by atoms with Gasteiger partial charge in [-0.15, -0.1) is 0 Å². The quantitative estimate of drug-likeness (QED) is 0.476. The summed E-state index contributed by atoms with van der Waals surface area (Å²) in [6, 6.07) is 19.5. The van der Waals surface area contributed by atoms with Crippen molar-refractivity contribution >= 4 is 17.5 Å². The van der Waals surface area contributed by atoms with E-state index in [1.807, 2.05) is 30.3 Å². The Morgan fingerprint density at radius 2 is 1.73 bits per heavy atom. The van der Waals surface area contributed by atoms with Gasteiger partial charge < -0.3 is 15.3 Å². The summed E-state index contributed by atoms with van der Waals surface area (Å²) in [7, 11) is 1.68. The highest BCUT2D eigenvalue weighted by molar-refractivity contribution is 5.99. The minimum absolute atomic E-state index is 0.00309. The van der Waals surface area contributed by atoms with E-state index in [0.717, 1.165) is 29.7 Å². The number of aryl methyl sites for hydroxylation is 1. The molecule has 0 aliphatic carbocycles. The summed E-state index contributed by atoms with van der Waals surface area (Å²) in [5, 5.41) is 13.2. The molecule has 192 valence electrons. The SMILES string of the molecule is Cc1cc(Cc2ccc(O)cc2-c2ccc(NC(=O)C3CCC(=O)N3C)cc2)ccc1CN1CCCC1. The largest absolute Gasteiger partial charge is 0.508 e. The Labute approximate surface area is 218 Å². The normalized spacial score (nSPS) is 17.9. The van der Waals surface area contributed by atoms with E-state index in [2.05, 4.69) is 35.3 Å². The molecule has 0 aromatic heterocycles. The van der Waals surface area contributed by atoms with Crippen LogP contribution in [0.2, 0.25) is 0 Å². The summed E-state index contributed by atoms with van der Waals surface area (Å²) in [6.45, 7) is 5.60. The van der Waals surface area contributed by atoms with Crippen LogP contribution >= 0.6 is 0 Å². The summed E-state index contributed by atoms with van der Waals surface area (Å²) in [5.74, 6) is 0.0632. The van der Waals surface area contributed by atoms with Crippen molar-refractivity contribution in [2.45, 2.75) is 51.6 Å². The minimum atomic E-state index is -0.421. The monoisotopic (exact) mass is 497 g/mol. The van der Waals surface area contributed by atoms with Crippen LogP contribution in [0.4, 0.5) is 5.69 Å². The zero-order chi connectivity index (χ0) is 25.9. The Kier molecular flexibility index (Phi) is 7.28. The molecule has 37 heavy (non-hydrogen) atoms. The Bertz CT molecular complexity index is 1300. The molecule has 0 saturated carbocycles. The zero-order valence-electron chi connectivity index (χ0n) is 21.7. The summed E-state index contributed by atoms with van der Waals surface area (Å²) in [6.07, 6.45) is 4.32. The van der Waals surface area contributed by atoms with E-state index < -0.39 is 6.04 Å². The van der Waals surface area contributed by atoms with Gasteiger partial charge in [0, 0.05) is 25.7 Å². The molecule has 0 radical (unpaired) electrons. The molecule has 1 atom stereocenters. The molecule has 2 aliphatic heterocycles. The van der Waals surface area contributed by atoms with E-state index in [0.29, 0.717) is 18.5 Å². The molecule has 2 saturated heterocycles. The van der Waals surface area contributed by atoms with Gasteiger partial charge in [0.15, 0.2) is 0 Å². The fourth-order valence-electron chi connectivity index (χ4n) is 5.50.